The molecule has 1 saturated carbocycles. The second-order valence-corrected chi connectivity index (χ2v) is 19.4. The van der Waals surface area contributed by atoms with E-state index < -0.39 is 75.8 Å². The van der Waals surface area contributed by atoms with Gasteiger partial charge in [0.25, 0.3) is 0 Å². The van der Waals surface area contributed by atoms with Crippen LogP contribution in [0.3, 0.4) is 0 Å². The number of aromatic nitrogens is 1. The summed E-state index contributed by atoms with van der Waals surface area (Å²) in [6, 6.07) is 5.04. The van der Waals surface area contributed by atoms with Gasteiger partial charge < -0.3 is 38.8 Å². The molecule has 9 rings (SSSR count). The van der Waals surface area contributed by atoms with Gasteiger partial charge in [0.2, 0.25) is 11.5 Å². The first-order chi connectivity index (χ1) is 29.5. The minimum Gasteiger partial charge on any atom is -0.468 e. The Labute approximate surface area is 362 Å². The molecule has 2 aliphatic carbocycles. The predicted molar refractivity (Wildman–Crippen MR) is 227 cm³/mol. The highest BCUT2D eigenvalue weighted by Gasteiger charge is 2.81. The summed E-state index contributed by atoms with van der Waals surface area (Å²) in [5.74, 6) is -6.86. The standard InChI is InChI=1S/C48H62F2N4O8/c1-9-28-12-13-35-32(21-28)31-14-18-53-25-29(20-30(26-53)44(4,49)50)24-47(38(31)51-35,42(56)60-7)34-22-33-36(23-37(34)59-6)52(5)40-46(33)16-19-54-17-11-15-45(10-2,39(46)54)41(62-27(3)55)48(40,58)43(57)61-8/h11-13,15,21-23,29-30,34,37,39-41,51,58H,9-10,14,16-20,24-26H2,1-8H3/t29-,30?,34?,37?,39+,40-,41-,45-,46-,47+,48+/m1/s1. The minimum atomic E-state index is -2.92. The van der Waals surface area contributed by atoms with E-state index in [4.69, 9.17) is 18.9 Å². The first-order valence-corrected chi connectivity index (χ1v) is 22.4. The number of methoxy groups -OCH3 is 3. The number of fused-ring (bicyclic) bond motifs is 6. The van der Waals surface area contributed by atoms with Crippen molar-refractivity contribution in [3.8, 4) is 0 Å². The van der Waals surface area contributed by atoms with E-state index >= 15 is 13.6 Å². The average Bonchev–Trinajstić information content (AvgIpc) is 3.91. The largest absolute Gasteiger partial charge is 0.468 e. The van der Waals surface area contributed by atoms with Gasteiger partial charge in [-0.3, -0.25) is 14.5 Å². The minimum absolute atomic E-state index is 0.213. The van der Waals surface area contributed by atoms with Crippen molar-refractivity contribution in [2.75, 3.05) is 61.1 Å². The molecule has 2 bridgehead atoms. The number of piperidine rings is 1. The Morgan fingerprint density at radius 2 is 1.79 bits per heavy atom. The topological polar surface area (TPSA) is 134 Å². The zero-order valence-electron chi connectivity index (χ0n) is 37.3. The SMILES string of the molecule is CCc1ccc2[nH]c3c(c2c1)CCN1CC(C(C)(F)F)C[C@@H](C1)C[C@]3(C(=O)OC)C1C=C2C(=CC1OC)N(C)[C@H]1[C@@](O)(C(=O)OC)[C@H](OC(C)=O)[C@]3(CC)C=CCN4CC[C@]21[C@@H]43. The third-order valence-electron chi connectivity index (χ3n) is 16.5. The number of H-pyrrole nitrogens is 1. The Morgan fingerprint density at radius 1 is 1.03 bits per heavy atom. The quantitative estimate of drug-likeness (QED) is 0.203. The molecule has 2 N–H and O–H groups in total. The molecule has 12 nitrogen and oxygen atoms in total. The Kier molecular flexibility index (Phi) is 10.4. The van der Waals surface area contributed by atoms with Crippen molar-refractivity contribution in [3.05, 3.63) is 70.6 Å². The number of rotatable bonds is 8. The van der Waals surface area contributed by atoms with E-state index in [1.165, 1.54) is 21.1 Å². The van der Waals surface area contributed by atoms with Crippen LogP contribution in [0.15, 0.2) is 53.8 Å². The summed E-state index contributed by atoms with van der Waals surface area (Å²) >= 11 is 0. The smallest absolute Gasteiger partial charge is 0.344 e. The van der Waals surface area contributed by atoms with Gasteiger partial charge in [0.15, 0.2) is 6.10 Å². The Bertz CT molecular complexity index is 2270. The van der Waals surface area contributed by atoms with Crippen molar-refractivity contribution in [2.24, 2.45) is 28.6 Å². The van der Waals surface area contributed by atoms with Crippen molar-refractivity contribution >= 4 is 28.8 Å². The zero-order valence-corrected chi connectivity index (χ0v) is 37.3. The molecule has 0 amide bonds. The maximum absolute atomic E-state index is 15.4. The Balaban J connectivity index is 1.33. The number of esters is 3. The van der Waals surface area contributed by atoms with Crippen molar-refractivity contribution in [3.63, 3.8) is 0 Å². The van der Waals surface area contributed by atoms with Crippen molar-refractivity contribution in [1.29, 1.82) is 0 Å². The number of aromatic amines is 1. The summed E-state index contributed by atoms with van der Waals surface area (Å²) in [4.78, 5) is 53.1. The summed E-state index contributed by atoms with van der Waals surface area (Å²) < 4.78 is 54.9. The molecule has 14 heteroatoms. The Hall–Kier alpha value is -4.11. The summed E-state index contributed by atoms with van der Waals surface area (Å²) in [7, 11) is 6.09. The molecule has 4 fully saturated rings. The third kappa shape index (κ3) is 5.77. The molecule has 3 saturated heterocycles. The van der Waals surface area contributed by atoms with Gasteiger partial charge in [0, 0.05) is 98.3 Å². The number of allylic oxidation sites excluding steroid dienone is 1. The lowest BCUT2D eigenvalue weighted by molar-refractivity contribution is -0.243. The molecule has 6 heterocycles. The van der Waals surface area contributed by atoms with E-state index in [1.807, 2.05) is 37.1 Å². The van der Waals surface area contributed by atoms with E-state index in [0.717, 1.165) is 46.6 Å². The first-order valence-electron chi connectivity index (χ1n) is 22.4. The van der Waals surface area contributed by atoms with Crippen LogP contribution in [-0.4, -0.2) is 140 Å². The lowest BCUT2D eigenvalue weighted by Gasteiger charge is -2.63. The normalized spacial score (nSPS) is 38.7. The van der Waals surface area contributed by atoms with Crippen LogP contribution < -0.4 is 0 Å². The van der Waals surface area contributed by atoms with Crippen LogP contribution in [0.2, 0.25) is 0 Å². The number of aryl methyl sites for hydroxylation is 1. The van der Waals surface area contributed by atoms with Crippen LogP contribution in [-0.2, 0) is 51.6 Å². The number of ether oxygens (including phenoxy) is 4. The second-order valence-electron chi connectivity index (χ2n) is 19.4. The highest BCUT2D eigenvalue weighted by atomic mass is 19.3. The molecule has 336 valence electrons. The number of carbonyl (C=O) groups excluding carboxylic acids is 3. The third-order valence-corrected chi connectivity index (χ3v) is 16.5. The van der Waals surface area contributed by atoms with Crippen LogP contribution in [0.5, 0.6) is 0 Å². The van der Waals surface area contributed by atoms with Crippen LogP contribution in [0.25, 0.3) is 10.9 Å². The first kappa shape index (κ1) is 43.2. The van der Waals surface area contributed by atoms with Gasteiger partial charge in [-0.05, 0) is 92.8 Å². The number of carbonyl (C=O) groups is 3. The lowest BCUT2D eigenvalue weighted by atomic mass is 9.47. The lowest BCUT2D eigenvalue weighted by Crippen LogP contribution is -2.79. The molecule has 0 radical (unpaired) electrons. The van der Waals surface area contributed by atoms with Gasteiger partial charge in [0.05, 0.1) is 26.4 Å². The molecule has 7 aliphatic rings. The summed E-state index contributed by atoms with van der Waals surface area (Å²) in [5, 5.41) is 14.4. The fraction of sp³-hybridized carbons (Fsp3) is 0.646. The highest BCUT2D eigenvalue weighted by molar-refractivity contribution is 5.92. The molecule has 4 unspecified atom stereocenters. The molecule has 62 heavy (non-hydrogen) atoms. The van der Waals surface area contributed by atoms with Crippen LogP contribution in [0.4, 0.5) is 8.78 Å². The number of alkyl halides is 2. The van der Waals surface area contributed by atoms with E-state index in [-0.39, 0.29) is 31.3 Å². The number of nitrogens with zero attached hydrogens (tertiary/aromatic N) is 3. The molecular formula is C48H62F2N4O8. The van der Waals surface area contributed by atoms with Crippen molar-refractivity contribution in [2.45, 2.75) is 107 Å². The zero-order chi connectivity index (χ0) is 44.3. The molecule has 2 aromatic rings. The number of aliphatic hydroxyl groups is 1. The highest BCUT2D eigenvalue weighted by Crippen LogP contribution is 2.70. The predicted octanol–water partition coefficient (Wildman–Crippen LogP) is 5.33. The molecule has 1 aromatic carbocycles. The number of likely N-dealkylation sites (N-methyl/N-ethyl adjacent to an activating group) is 1. The maximum atomic E-state index is 15.4. The average molecular weight is 861 g/mol. The van der Waals surface area contributed by atoms with Gasteiger partial charge in [-0.15, -0.1) is 0 Å². The van der Waals surface area contributed by atoms with Crippen LogP contribution in [0.1, 0.15) is 70.2 Å². The van der Waals surface area contributed by atoms with E-state index in [2.05, 4.69) is 46.0 Å². The van der Waals surface area contributed by atoms with Crippen molar-refractivity contribution in [1.82, 2.24) is 19.7 Å². The monoisotopic (exact) mass is 860 g/mol. The number of hydrogen-bond acceptors (Lipinski definition) is 11. The van der Waals surface area contributed by atoms with Crippen LogP contribution >= 0.6 is 0 Å². The van der Waals surface area contributed by atoms with E-state index in [0.29, 0.717) is 51.1 Å². The van der Waals surface area contributed by atoms with Gasteiger partial charge in [-0.2, -0.15) is 0 Å². The number of hydrogen-bond donors (Lipinski definition) is 2. The molecule has 5 aliphatic heterocycles. The second kappa shape index (κ2) is 15.0. The molecular weight excluding hydrogens is 799 g/mol. The van der Waals surface area contributed by atoms with Gasteiger partial charge in [-0.1, -0.05) is 38.1 Å². The number of likely N-dealkylation sites (tertiary alicyclic amines) is 1. The molecule has 1 aromatic heterocycles. The van der Waals surface area contributed by atoms with Gasteiger partial charge >= 0.3 is 17.9 Å². The molecule has 1 spiro atoms. The van der Waals surface area contributed by atoms with Crippen molar-refractivity contribution < 1.29 is 47.2 Å². The van der Waals surface area contributed by atoms with E-state index in [9.17, 15) is 14.7 Å². The number of halogens is 2. The summed E-state index contributed by atoms with van der Waals surface area (Å²) in [6.45, 7) is 9.02. The fourth-order valence-electron chi connectivity index (χ4n) is 14.2. The van der Waals surface area contributed by atoms with Crippen LogP contribution in [0, 0.1) is 28.6 Å². The number of benzene rings is 1. The van der Waals surface area contributed by atoms with E-state index in [1.54, 1.807) is 7.11 Å². The molecule has 12 atom stereocenters. The maximum Gasteiger partial charge on any atom is 0.344 e. The Morgan fingerprint density at radius 3 is 2.45 bits per heavy atom. The summed E-state index contributed by atoms with van der Waals surface area (Å²) in [5.41, 5.74) is -0.435. The van der Waals surface area contributed by atoms with Gasteiger partial charge in [0.1, 0.15) is 5.41 Å². The van der Waals surface area contributed by atoms with Gasteiger partial charge in [-0.25, -0.2) is 13.6 Å². The number of nitrogens with one attached hydrogen (secondary N) is 1. The fourth-order valence-corrected chi connectivity index (χ4v) is 14.2. The summed E-state index contributed by atoms with van der Waals surface area (Å²) in [6.07, 6.45) is 8.96.